The van der Waals surface area contributed by atoms with Gasteiger partial charge in [-0.3, -0.25) is 0 Å². The van der Waals surface area contributed by atoms with Crippen LogP contribution in [0.15, 0.2) is 12.2 Å². The van der Waals surface area contributed by atoms with Crippen molar-refractivity contribution in [1.29, 1.82) is 0 Å². The Bertz CT molecular complexity index is 356. The Labute approximate surface area is 121 Å². The van der Waals surface area contributed by atoms with Gasteiger partial charge in [0.15, 0.2) is 5.79 Å². The summed E-state index contributed by atoms with van der Waals surface area (Å²) in [6, 6.07) is 0. The monoisotopic (exact) mass is 282 g/mol. The molecule has 0 aromatic rings. The van der Waals surface area contributed by atoms with Crippen LogP contribution in [0.1, 0.15) is 39.5 Å². The minimum absolute atomic E-state index is 0.0255. The molecule has 2 saturated heterocycles. The smallest absolute Gasteiger partial charge is 0.192 e. The van der Waals surface area contributed by atoms with Crippen molar-refractivity contribution < 1.29 is 18.9 Å². The van der Waals surface area contributed by atoms with Gasteiger partial charge in [0.25, 0.3) is 0 Å². The second-order valence-corrected chi connectivity index (χ2v) is 6.19. The molecule has 2 aliphatic heterocycles. The molecule has 20 heavy (non-hydrogen) atoms. The van der Waals surface area contributed by atoms with Gasteiger partial charge >= 0.3 is 0 Å². The van der Waals surface area contributed by atoms with Crippen LogP contribution in [-0.4, -0.2) is 43.9 Å². The van der Waals surface area contributed by atoms with Crippen LogP contribution in [-0.2, 0) is 18.9 Å². The fraction of sp³-hybridized carbons (Fsp3) is 0.875. The minimum atomic E-state index is -0.575. The number of ether oxygens (including phenoxy) is 4. The molecule has 0 saturated carbocycles. The highest BCUT2D eigenvalue weighted by Crippen LogP contribution is 2.39. The third kappa shape index (κ3) is 2.93. The van der Waals surface area contributed by atoms with Crippen LogP contribution in [0, 0.1) is 5.92 Å². The molecule has 1 unspecified atom stereocenters. The Morgan fingerprint density at radius 1 is 1.30 bits per heavy atom. The van der Waals surface area contributed by atoms with E-state index in [1.807, 2.05) is 13.8 Å². The highest BCUT2D eigenvalue weighted by atomic mass is 16.8. The van der Waals surface area contributed by atoms with E-state index in [2.05, 4.69) is 12.2 Å². The molecule has 4 heteroatoms. The topological polar surface area (TPSA) is 36.9 Å². The van der Waals surface area contributed by atoms with Gasteiger partial charge in [-0.05, 0) is 39.0 Å². The summed E-state index contributed by atoms with van der Waals surface area (Å²) in [5.74, 6) is 0.0786. The molecule has 114 valence electrons. The first-order valence-electron chi connectivity index (χ1n) is 7.91. The molecule has 1 aliphatic carbocycles. The molecule has 0 aromatic heterocycles. The van der Waals surface area contributed by atoms with Gasteiger partial charge in [0.05, 0.1) is 19.3 Å². The van der Waals surface area contributed by atoms with Gasteiger partial charge in [-0.2, -0.15) is 0 Å². The van der Waals surface area contributed by atoms with E-state index in [-0.39, 0.29) is 18.3 Å². The van der Waals surface area contributed by atoms with Gasteiger partial charge in [-0.15, -0.1) is 0 Å². The van der Waals surface area contributed by atoms with E-state index in [4.69, 9.17) is 18.9 Å². The minimum Gasteiger partial charge on any atom is -0.375 e. The van der Waals surface area contributed by atoms with Crippen LogP contribution < -0.4 is 0 Å². The zero-order valence-corrected chi connectivity index (χ0v) is 12.5. The summed E-state index contributed by atoms with van der Waals surface area (Å²) in [6.45, 7) is 6.11. The maximum atomic E-state index is 6.16. The number of fused-ring (bicyclic) bond motifs is 2. The maximum Gasteiger partial charge on any atom is 0.192 e. The van der Waals surface area contributed by atoms with Gasteiger partial charge in [0.2, 0.25) is 0 Å². The summed E-state index contributed by atoms with van der Waals surface area (Å²) in [5.41, 5.74) is 0. The van der Waals surface area contributed by atoms with Gasteiger partial charge in [-0.1, -0.05) is 12.2 Å². The first kappa shape index (κ1) is 14.5. The maximum absolute atomic E-state index is 6.16. The van der Waals surface area contributed by atoms with E-state index >= 15 is 0 Å². The van der Waals surface area contributed by atoms with E-state index in [0.717, 1.165) is 19.4 Å². The van der Waals surface area contributed by atoms with Crippen LogP contribution >= 0.6 is 0 Å². The Morgan fingerprint density at radius 2 is 2.20 bits per heavy atom. The second-order valence-electron chi connectivity index (χ2n) is 6.19. The van der Waals surface area contributed by atoms with Gasteiger partial charge in [0, 0.05) is 13.0 Å². The van der Waals surface area contributed by atoms with Crippen molar-refractivity contribution in [3.8, 4) is 0 Å². The summed E-state index contributed by atoms with van der Waals surface area (Å²) in [7, 11) is 0. The summed E-state index contributed by atoms with van der Waals surface area (Å²) < 4.78 is 23.8. The number of hydrogen-bond acceptors (Lipinski definition) is 4. The van der Waals surface area contributed by atoms with E-state index in [1.165, 1.54) is 12.8 Å². The third-order valence-electron chi connectivity index (χ3n) is 4.66. The molecule has 0 N–H and O–H groups in total. The van der Waals surface area contributed by atoms with Crippen molar-refractivity contribution in [3.63, 3.8) is 0 Å². The highest BCUT2D eigenvalue weighted by molar-refractivity contribution is 4.95. The number of rotatable bonds is 5. The molecule has 2 fully saturated rings. The Kier molecular flexibility index (Phi) is 4.46. The van der Waals surface area contributed by atoms with Crippen LogP contribution in [0.25, 0.3) is 0 Å². The summed E-state index contributed by atoms with van der Waals surface area (Å²) in [6.07, 6.45) is 9.11. The molecule has 0 radical (unpaired) electrons. The van der Waals surface area contributed by atoms with Crippen LogP contribution in [0.2, 0.25) is 0 Å². The molecule has 0 amide bonds. The average molecular weight is 282 g/mol. The predicted octanol–water partition coefficient (Wildman–Crippen LogP) is 2.67. The van der Waals surface area contributed by atoms with Crippen molar-refractivity contribution >= 4 is 0 Å². The predicted molar refractivity (Wildman–Crippen MR) is 75.5 cm³/mol. The fourth-order valence-corrected chi connectivity index (χ4v) is 3.41. The van der Waals surface area contributed by atoms with Gasteiger partial charge in [-0.25, -0.2) is 0 Å². The van der Waals surface area contributed by atoms with Gasteiger partial charge < -0.3 is 18.9 Å². The normalized spacial score (nSPS) is 43.9. The molecular weight excluding hydrogens is 256 g/mol. The van der Waals surface area contributed by atoms with Crippen molar-refractivity contribution in [1.82, 2.24) is 0 Å². The molecule has 0 spiro atoms. The quantitative estimate of drug-likeness (QED) is 0.727. The first-order chi connectivity index (χ1) is 9.71. The summed E-state index contributed by atoms with van der Waals surface area (Å²) >= 11 is 0. The van der Waals surface area contributed by atoms with E-state index < -0.39 is 5.79 Å². The summed E-state index contributed by atoms with van der Waals surface area (Å²) in [5, 5.41) is 0. The summed E-state index contributed by atoms with van der Waals surface area (Å²) in [4.78, 5) is 0. The molecular formula is C16H26O4. The molecule has 0 aromatic carbocycles. The molecule has 5 atom stereocenters. The van der Waals surface area contributed by atoms with Crippen LogP contribution in [0.4, 0.5) is 0 Å². The van der Waals surface area contributed by atoms with Gasteiger partial charge in [0.1, 0.15) is 12.2 Å². The van der Waals surface area contributed by atoms with Crippen molar-refractivity contribution in [2.45, 2.75) is 63.6 Å². The van der Waals surface area contributed by atoms with Crippen molar-refractivity contribution in [2.75, 3.05) is 19.8 Å². The van der Waals surface area contributed by atoms with Crippen molar-refractivity contribution in [2.24, 2.45) is 5.92 Å². The fourth-order valence-electron chi connectivity index (χ4n) is 3.41. The lowest BCUT2D eigenvalue weighted by molar-refractivity contribution is -0.268. The Hall–Kier alpha value is -0.420. The standard InChI is InChI=1S/C16H26O4/c1-3-17-15-9-13(14-11-19-16(15,2)20-14)18-10-12-7-5-4-6-8-12/h4-5,12-15H,3,6-11H2,1-2H3/t12?,13-,14+,15+,16+/m0/s1. The zero-order chi connectivity index (χ0) is 14.0. The SMILES string of the molecule is CCO[C@@H]1C[C@H](OCC2CC=CCC2)[C@H]2CO[C@]1(C)O2. The number of allylic oxidation sites excluding steroid dienone is 2. The lowest BCUT2D eigenvalue weighted by Crippen LogP contribution is -2.51. The molecule has 3 aliphatic rings. The first-order valence-corrected chi connectivity index (χ1v) is 7.91. The Morgan fingerprint density at radius 3 is 2.95 bits per heavy atom. The molecule has 3 rings (SSSR count). The molecule has 4 nitrogen and oxygen atoms in total. The Balaban J connectivity index is 1.55. The van der Waals surface area contributed by atoms with Crippen LogP contribution in [0.3, 0.4) is 0 Å². The number of hydrogen-bond donors (Lipinski definition) is 0. The average Bonchev–Trinajstić information content (AvgIpc) is 2.81. The zero-order valence-electron chi connectivity index (χ0n) is 12.5. The largest absolute Gasteiger partial charge is 0.375 e. The van der Waals surface area contributed by atoms with E-state index in [1.54, 1.807) is 0 Å². The molecule has 2 heterocycles. The second kappa shape index (κ2) is 6.14. The van der Waals surface area contributed by atoms with Crippen molar-refractivity contribution in [3.05, 3.63) is 12.2 Å². The third-order valence-corrected chi connectivity index (χ3v) is 4.66. The van der Waals surface area contributed by atoms with E-state index in [0.29, 0.717) is 19.1 Å². The van der Waals surface area contributed by atoms with E-state index in [9.17, 15) is 0 Å². The lowest BCUT2D eigenvalue weighted by Gasteiger charge is -2.39. The molecule has 2 bridgehead atoms. The lowest BCUT2D eigenvalue weighted by atomic mass is 9.94. The van der Waals surface area contributed by atoms with Crippen LogP contribution in [0.5, 0.6) is 0 Å². The highest BCUT2D eigenvalue weighted by Gasteiger charge is 2.53.